The molecule has 0 spiro atoms. The standard InChI is InChI=1S/C15H20FN3O3.ClH/c1-18(10-14(20)19-7-5-17-6-8-19)15(21)11-3-4-13(22-2)12(16)9-11;/h3-4,9,17H,5-8,10H2,1-2H3;1H. The Hall–Kier alpha value is -1.86. The fraction of sp³-hybridized carbons (Fsp3) is 0.467. The summed E-state index contributed by atoms with van der Waals surface area (Å²) in [5.74, 6) is -1.03. The van der Waals surface area contributed by atoms with Crippen LogP contribution in [0.2, 0.25) is 0 Å². The van der Waals surface area contributed by atoms with Gasteiger partial charge in [0.15, 0.2) is 11.6 Å². The van der Waals surface area contributed by atoms with Gasteiger partial charge in [-0.15, -0.1) is 12.4 Å². The fourth-order valence-corrected chi connectivity index (χ4v) is 2.31. The summed E-state index contributed by atoms with van der Waals surface area (Å²) >= 11 is 0. The number of likely N-dealkylation sites (N-methyl/N-ethyl adjacent to an activating group) is 1. The van der Waals surface area contributed by atoms with E-state index in [4.69, 9.17) is 4.74 Å². The molecule has 0 unspecified atom stereocenters. The van der Waals surface area contributed by atoms with Crippen LogP contribution in [0.25, 0.3) is 0 Å². The predicted octanol–water partition coefficient (Wildman–Crippen LogP) is 0.760. The van der Waals surface area contributed by atoms with Crippen molar-refractivity contribution in [1.29, 1.82) is 0 Å². The number of carbonyl (C=O) groups excluding carboxylic acids is 2. The second kappa shape index (κ2) is 8.69. The van der Waals surface area contributed by atoms with Crippen LogP contribution in [0.3, 0.4) is 0 Å². The van der Waals surface area contributed by atoms with Crippen LogP contribution in [-0.2, 0) is 4.79 Å². The molecule has 8 heteroatoms. The maximum Gasteiger partial charge on any atom is 0.254 e. The van der Waals surface area contributed by atoms with E-state index in [1.54, 1.807) is 4.90 Å². The molecular weight excluding hydrogens is 325 g/mol. The Balaban J connectivity index is 0.00000264. The lowest BCUT2D eigenvalue weighted by atomic mass is 10.2. The van der Waals surface area contributed by atoms with Crippen molar-refractivity contribution in [2.45, 2.75) is 0 Å². The summed E-state index contributed by atoms with van der Waals surface area (Å²) in [5, 5.41) is 3.16. The molecule has 1 heterocycles. The molecule has 1 fully saturated rings. The lowest BCUT2D eigenvalue weighted by Crippen LogP contribution is -2.49. The zero-order chi connectivity index (χ0) is 16.1. The van der Waals surface area contributed by atoms with Gasteiger partial charge in [-0.05, 0) is 18.2 Å². The quantitative estimate of drug-likeness (QED) is 0.875. The first-order valence-corrected chi connectivity index (χ1v) is 7.10. The Bertz CT molecular complexity index is 565. The van der Waals surface area contributed by atoms with Crippen molar-refractivity contribution in [1.82, 2.24) is 15.1 Å². The second-order valence-corrected chi connectivity index (χ2v) is 5.14. The Morgan fingerprint density at radius 3 is 2.57 bits per heavy atom. The minimum absolute atomic E-state index is 0. The van der Waals surface area contributed by atoms with Gasteiger partial charge in [0.2, 0.25) is 5.91 Å². The summed E-state index contributed by atoms with van der Waals surface area (Å²) in [6.45, 7) is 2.77. The lowest BCUT2D eigenvalue weighted by molar-refractivity contribution is -0.132. The average molecular weight is 346 g/mol. The molecule has 0 radical (unpaired) electrons. The summed E-state index contributed by atoms with van der Waals surface area (Å²) in [7, 11) is 2.89. The molecule has 1 aliphatic rings. The number of methoxy groups -OCH3 is 1. The van der Waals surface area contributed by atoms with Crippen LogP contribution in [0.15, 0.2) is 18.2 Å². The van der Waals surface area contributed by atoms with Crippen molar-refractivity contribution < 1.29 is 18.7 Å². The third-order valence-electron chi connectivity index (χ3n) is 3.59. The van der Waals surface area contributed by atoms with E-state index in [0.717, 1.165) is 19.2 Å². The van der Waals surface area contributed by atoms with Crippen molar-refractivity contribution in [3.63, 3.8) is 0 Å². The zero-order valence-corrected chi connectivity index (χ0v) is 14.0. The minimum atomic E-state index is -0.602. The molecule has 23 heavy (non-hydrogen) atoms. The number of piperazine rings is 1. The van der Waals surface area contributed by atoms with Crippen LogP contribution in [0.1, 0.15) is 10.4 Å². The number of rotatable bonds is 4. The largest absolute Gasteiger partial charge is 0.494 e. The predicted molar refractivity (Wildman–Crippen MR) is 86.6 cm³/mol. The molecule has 2 rings (SSSR count). The number of halogens is 2. The third kappa shape index (κ3) is 4.80. The van der Waals surface area contributed by atoms with Gasteiger partial charge in [-0.25, -0.2) is 4.39 Å². The minimum Gasteiger partial charge on any atom is -0.494 e. The van der Waals surface area contributed by atoms with Crippen LogP contribution < -0.4 is 10.1 Å². The van der Waals surface area contributed by atoms with Gasteiger partial charge in [0.25, 0.3) is 5.91 Å². The number of carbonyl (C=O) groups is 2. The normalized spacial score (nSPS) is 14.0. The van der Waals surface area contributed by atoms with Crippen LogP contribution in [0.4, 0.5) is 4.39 Å². The highest BCUT2D eigenvalue weighted by Gasteiger charge is 2.21. The first-order valence-electron chi connectivity index (χ1n) is 7.10. The second-order valence-electron chi connectivity index (χ2n) is 5.14. The van der Waals surface area contributed by atoms with Crippen LogP contribution in [0, 0.1) is 5.82 Å². The van der Waals surface area contributed by atoms with Crippen molar-refractivity contribution in [3.8, 4) is 5.75 Å². The molecule has 1 aromatic carbocycles. The Morgan fingerprint density at radius 1 is 1.35 bits per heavy atom. The molecule has 0 aliphatic carbocycles. The van der Waals surface area contributed by atoms with E-state index in [1.807, 2.05) is 0 Å². The highest BCUT2D eigenvalue weighted by atomic mass is 35.5. The summed E-state index contributed by atoms with van der Waals surface area (Å²) in [5.41, 5.74) is 0.189. The molecule has 2 amide bonds. The summed E-state index contributed by atoms with van der Waals surface area (Å²) in [4.78, 5) is 27.4. The Morgan fingerprint density at radius 2 is 2.00 bits per heavy atom. The van der Waals surface area contributed by atoms with Gasteiger partial charge in [0, 0.05) is 38.8 Å². The molecule has 1 aliphatic heterocycles. The van der Waals surface area contributed by atoms with Gasteiger partial charge in [0.1, 0.15) is 0 Å². The number of hydrogen-bond donors (Lipinski definition) is 1. The monoisotopic (exact) mass is 345 g/mol. The smallest absolute Gasteiger partial charge is 0.254 e. The molecular formula is C15H21ClFN3O3. The number of amides is 2. The van der Waals surface area contributed by atoms with Crippen molar-refractivity contribution in [2.24, 2.45) is 0 Å². The van der Waals surface area contributed by atoms with E-state index in [2.05, 4.69) is 5.32 Å². The third-order valence-corrected chi connectivity index (χ3v) is 3.59. The van der Waals surface area contributed by atoms with E-state index in [-0.39, 0.29) is 36.2 Å². The molecule has 0 saturated carbocycles. The number of hydrogen-bond acceptors (Lipinski definition) is 4. The highest BCUT2D eigenvalue weighted by Crippen LogP contribution is 2.18. The van der Waals surface area contributed by atoms with Gasteiger partial charge in [-0.2, -0.15) is 0 Å². The maximum atomic E-state index is 13.6. The van der Waals surface area contributed by atoms with Crippen LogP contribution in [0.5, 0.6) is 5.75 Å². The van der Waals surface area contributed by atoms with Crippen molar-refractivity contribution >= 4 is 24.2 Å². The van der Waals surface area contributed by atoms with Gasteiger partial charge in [-0.1, -0.05) is 0 Å². The molecule has 128 valence electrons. The Kier molecular flexibility index (Phi) is 7.25. The number of benzene rings is 1. The van der Waals surface area contributed by atoms with Gasteiger partial charge >= 0.3 is 0 Å². The van der Waals surface area contributed by atoms with Crippen LogP contribution in [-0.4, -0.2) is 68.5 Å². The van der Waals surface area contributed by atoms with E-state index < -0.39 is 11.7 Å². The van der Waals surface area contributed by atoms with E-state index in [9.17, 15) is 14.0 Å². The molecule has 0 bridgehead atoms. The molecule has 0 atom stereocenters. The summed E-state index contributed by atoms with van der Waals surface area (Å²) < 4.78 is 18.5. The molecule has 1 saturated heterocycles. The molecule has 1 aromatic rings. The molecule has 0 aromatic heterocycles. The lowest BCUT2D eigenvalue weighted by Gasteiger charge is -2.29. The first-order chi connectivity index (χ1) is 10.5. The van der Waals surface area contributed by atoms with Crippen molar-refractivity contribution in [3.05, 3.63) is 29.6 Å². The maximum absolute atomic E-state index is 13.6. The van der Waals surface area contributed by atoms with Crippen molar-refractivity contribution in [2.75, 3.05) is 46.9 Å². The van der Waals surface area contributed by atoms with Gasteiger partial charge in [-0.3, -0.25) is 9.59 Å². The van der Waals surface area contributed by atoms with E-state index in [0.29, 0.717) is 13.1 Å². The zero-order valence-electron chi connectivity index (χ0n) is 13.2. The average Bonchev–Trinajstić information content (AvgIpc) is 2.54. The number of nitrogens with zero attached hydrogens (tertiary/aromatic N) is 2. The molecule has 6 nitrogen and oxygen atoms in total. The van der Waals surface area contributed by atoms with E-state index >= 15 is 0 Å². The highest BCUT2D eigenvalue weighted by molar-refractivity contribution is 5.96. The Labute approximate surface area is 141 Å². The van der Waals surface area contributed by atoms with Crippen LogP contribution >= 0.6 is 12.4 Å². The molecule has 1 N–H and O–H groups in total. The fourth-order valence-electron chi connectivity index (χ4n) is 2.31. The number of nitrogens with one attached hydrogen (secondary N) is 1. The SMILES string of the molecule is COc1ccc(C(=O)N(C)CC(=O)N2CCNCC2)cc1F.Cl. The first kappa shape index (κ1) is 19.2. The van der Waals surface area contributed by atoms with E-state index in [1.165, 1.54) is 31.2 Å². The van der Waals surface area contributed by atoms with Gasteiger partial charge in [0.05, 0.1) is 13.7 Å². The topological polar surface area (TPSA) is 61.9 Å². The van der Waals surface area contributed by atoms with Gasteiger partial charge < -0.3 is 19.9 Å². The summed E-state index contributed by atoms with van der Waals surface area (Å²) in [6.07, 6.45) is 0. The number of ether oxygens (including phenoxy) is 1. The summed E-state index contributed by atoms with van der Waals surface area (Å²) in [6, 6.07) is 4.00.